The van der Waals surface area contributed by atoms with Gasteiger partial charge in [-0.25, -0.2) is 0 Å². The molecule has 7 nitrogen and oxygen atoms in total. The van der Waals surface area contributed by atoms with E-state index >= 15 is 0 Å². The molecule has 1 saturated heterocycles. The van der Waals surface area contributed by atoms with Crippen molar-refractivity contribution >= 4 is 5.78 Å². The summed E-state index contributed by atoms with van der Waals surface area (Å²) < 4.78 is 5.49. The van der Waals surface area contributed by atoms with E-state index < -0.39 is 64.1 Å². The fraction of sp³-hybridized carbons (Fsp3) is 0.857. The number of aliphatic hydroxyl groups excluding tert-OH is 3. The van der Waals surface area contributed by atoms with Crippen LogP contribution in [0.5, 0.6) is 0 Å². The Kier molecular flexibility index (Phi) is 8.13. The minimum atomic E-state index is -1.58. The van der Waals surface area contributed by atoms with Gasteiger partial charge in [-0.15, -0.1) is 0 Å². The Morgan fingerprint density at radius 3 is 2.13 bits per heavy atom. The summed E-state index contributed by atoms with van der Waals surface area (Å²) in [7, 11) is 0. The van der Waals surface area contributed by atoms with Crippen molar-refractivity contribution in [3.63, 3.8) is 0 Å². The number of carbonyl (C=O) groups is 1. The molecule has 2 bridgehead atoms. The average molecular weight is 850 g/mol. The van der Waals surface area contributed by atoms with E-state index in [1.807, 2.05) is 0 Å². The Bertz CT molecular complexity index is 770. The van der Waals surface area contributed by atoms with E-state index in [9.17, 15) is 30.3 Å². The van der Waals surface area contributed by atoms with Crippen LogP contribution in [0.4, 0.5) is 0 Å². The van der Waals surface area contributed by atoms with Gasteiger partial charge in [0.15, 0.2) is 5.78 Å². The number of aliphatic hydroxyl groups is 5. The summed E-state index contributed by atoms with van der Waals surface area (Å²) in [5, 5.41) is 56.1. The number of rotatable bonds is 0. The Balaban J connectivity index is 0.00000160. The fourth-order valence-electron chi connectivity index (χ4n) is 7.00. The molecule has 0 aromatic heterocycles. The SMILES string of the molecule is CC1=C2C(O)C(=O)[C@]3(C)C(O)CC4OCC4(O)C3[C@H](C)C(O)(CC1O)C2(C)C.[Ac].[Ac]. The van der Waals surface area contributed by atoms with Crippen LogP contribution in [0, 0.1) is 111 Å². The zero-order chi connectivity index (χ0) is 21.0. The first kappa shape index (κ1) is 28.3. The van der Waals surface area contributed by atoms with E-state index in [0.29, 0.717) is 11.1 Å². The van der Waals surface area contributed by atoms with E-state index in [4.69, 9.17) is 4.74 Å². The number of ether oxygens (including phenoxy) is 1. The molecule has 0 aromatic rings. The van der Waals surface area contributed by atoms with Crippen LogP contribution in [-0.4, -0.2) is 73.5 Å². The van der Waals surface area contributed by atoms with E-state index in [0.717, 1.165) is 0 Å². The summed E-state index contributed by atoms with van der Waals surface area (Å²) >= 11 is 0. The molecule has 2 radical (unpaired) electrons. The maximum atomic E-state index is 13.6. The number of fused-ring (bicyclic) bond motifs is 5. The van der Waals surface area contributed by atoms with Gasteiger partial charge in [0.05, 0.1) is 35.9 Å². The minimum absolute atomic E-state index is 0. The largest absolute Gasteiger partial charge is 0.392 e. The van der Waals surface area contributed by atoms with Crippen LogP contribution in [0.25, 0.3) is 0 Å². The van der Waals surface area contributed by atoms with Crippen LogP contribution >= 0.6 is 0 Å². The topological polar surface area (TPSA) is 127 Å². The van der Waals surface area contributed by atoms with Crippen molar-refractivity contribution in [3.8, 4) is 0 Å². The number of carbonyl (C=O) groups excluding carboxylic acids is 1. The first-order chi connectivity index (χ1) is 12.7. The fourth-order valence-corrected chi connectivity index (χ4v) is 7.00. The first-order valence-electron chi connectivity index (χ1n) is 10.1. The smallest absolute Gasteiger partial charge is 0.174 e. The van der Waals surface area contributed by atoms with E-state index in [-0.39, 0.29) is 108 Å². The molecule has 2 saturated carbocycles. The molecular formula is C21H32Ac2O7. The van der Waals surface area contributed by atoms with Crippen molar-refractivity contribution in [2.24, 2.45) is 22.7 Å². The standard InChI is InChI=1S/C21H32O7.2Ac/c1-9-11(22)7-21(27)10(2)16-19(5,12(23)6-13-20(16,26)8-28-13)17(25)15(24)14(9)18(21,3)4;;/h10-13,15-16,22-24,26-27H,6-8H2,1-5H3;;/t10-,11?,12?,13?,15?,16?,19+,20?,21?;;/m0../s1. The van der Waals surface area contributed by atoms with Gasteiger partial charge in [0.1, 0.15) is 11.7 Å². The Labute approximate surface area is 249 Å². The molecule has 5 N–H and O–H groups in total. The molecule has 3 aliphatic carbocycles. The summed E-state index contributed by atoms with van der Waals surface area (Å²) in [5.41, 5.74) is -4.54. The third-order valence-corrected chi connectivity index (χ3v) is 8.88. The molecule has 9 heteroatoms. The van der Waals surface area contributed by atoms with Gasteiger partial charge in [-0.05, 0) is 30.9 Å². The molecule has 0 spiro atoms. The molecule has 164 valence electrons. The second kappa shape index (κ2) is 8.62. The average Bonchev–Trinajstić information content (AvgIpc) is 2.60. The van der Waals surface area contributed by atoms with Gasteiger partial charge in [-0.2, -0.15) is 0 Å². The van der Waals surface area contributed by atoms with Gasteiger partial charge in [-0.1, -0.05) is 20.8 Å². The second-order valence-corrected chi connectivity index (χ2v) is 10.2. The summed E-state index contributed by atoms with van der Waals surface area (Å²) in [6.07, 6.45) is -4.20. The third kappa shape index (κ3) is 3.27. The van der Waals surface area contributed by atoms with Gasteiger partial charge < -0.3 is 30.3 Å². The Hall–Kier alpha value is 2.05. The van der Waals surface area contributed by atoms with Crippen LogP contribution in [0.2, 0.25) is 0 Å². The number of hydrogen-bond acceptors (Lipinski definition) is 7. The normalized spacial score (nSPS) is 51.9. The zero-order valence-corrected chi connectivity index (χ0v) is 27.8. The van der Waals surface area contributed by atoms with Gasteiger partial charge in [0.2, 0.25) is 0 Å². The van der Waals surface area contributed by atoms with Gasteiger partial charge >= 0.3 is 0 Å². The van der Waals surface area contributed by atoms with Gasteiger partial charge in [0.25, 0.3) is 0 Å². The second-order valence-electron chi connectivity index (χ2n) is 10.2. The van der Waals surface area contributed by atoms with E-state index in [1.54, 1.807) is 34.6 Å². The van der Waals surface area contributed by atoms with E-state index in [2.05, 4.69) is 0 Å². The van der Waals surface area contributed by atoms with Crippen molar-refractivity contribution in [3.05, 3.63) is 11.1 Å². The minimum Gasteiger partial charge on any atom is -0.392 e. The molecule has 30 heavy (non-hydrogen) atoms. The van der Waals surface area contributed by atoms with Crippen molar-refractivity contribution in [2.45, 2.75) is 83.1 Å². The number of hydrogen-bond donors (Lipinski definition) is 5. The van der Waals surface area contributed by atoms with Gasteiger partial charge in [0, 0.05) is 112 Å². The molecule has 3 fully saturated rings. The van der Waals surface area contributed by atoms with Crippen LogP contribution < -0.4 is 0 Å². The maximum absolute atomic E-state index is 13.6. The predicted octanol–water partition coefficient (Wildman–Crippen LogP) is -0.0785. The maximum Gasteiger partial charge on any atom is 0.174 e. The molecule has 4 aliphatic rings. The van der Waals surface area contributed by atoms with Crippen molar-refractivity contribution < 1.29 is 123 Å². The summed E-state index contributed by atoms with van der Waals surface area (Å²) in [5.74, 6) is -2.05. The van der Waals surface area contributed by atoms with Crippen LogP contribution in [0.15, 0.2) is 11.1 Å². The Morgan fingerprint density at radius 2 is 1.63 bits per heavy atom. The summed E-state index contributed by atoms with van der Waals surface area (Å²) in [6.45, 7) is 8.58. The molecule has 7 unspecified atom stereocenters. The van der Waals surface area contributed by atoms with E-state index in [1.165, 1.54) is 0 Å². The van der Waals surface area contributed by atoms with Crippen LogP contribution in [-0.2, 0) is 9.53 Å². The molecule has 4 rings (SSSR count). The number of ketones is 1. The molecule has 9 atom stereocenters. The van der Waals surface area contributed by atoms with Crippen molar-refractivity contribution in [2.75, 3.05) is 6.61 Å². The zero-order valence-electron chi connectivity index (χ0n) is 18.3. The predicted molar refractivity (Wildman–Crippen MR) is 99.1 cm³/mol. The van der Waals surface area contributed by atoms with Gasteiger partial charge in [-0.3, -0.25) is 4.79 Å². The van der Waals surface area contributed by atoms with Crippen molar-refractivity contribution in [1.29, 1.82) is 0 Å². The van der Waals surface area contributed by atoms with Crippen LogP contribution in [0.1, 0.15) is 47.5 Å². The molecule has 0 aromatic carbocycles. The Morgan fingerprint density at radius 1 is 1.07 bits per heavy atom. The summed E-state index contributed by atoms with van der Waals surface area (Å²) in [6, 6.07) is 0. The monoisotopic (exact) mass is 850 g/mol. The molecule has 1 aliphatic heterocycles. The quantitative estimate of drug-likeness (QED) is 0.216. The van der Waals surface area contributed by atoms with Crippen LogP contribution in [0.3, 0.4) is 0 Å². The molecule has 0 amide bonds. The number of Topliss-reactive ketones (excluding diaryl/α,β-unsaturated/α-hetero) is 1. The summed E-state index contributed by atoms with van der Waals surface area (Å²) in [4.78, 5) is 13.6. The third-order valence-electron chi connectivity index (χ3n) is 8.88. The van der Waals surface area contributed by atoms with Crippen molar-refractivity contribution in [1.82, 2.24) is 0 Å². The first-order valence-corrected chi connectivity index (χ1v) is 10.1. The molecular weight excluding hydrogens is 818 g/mol. The molecule has 1 heterocycles.